The van der Waals surface area contributed by atoms with E-state index in [0.717, 1.165) is 16.2 Å². The molecule has 2 aromatic rings. The van der Waals surface area contributed by atoms with Crippen LogP contribution in [0.15, 0.2) is 35.7 Å². The number of urea groups is 1. The number of thiophene rings is 1. The third kappa shape index (κ3) is 4.08. The number of primary amides is 1. The molecule has 12 heteroatoms. The van der Waals surface area contributed by atoms with E-state index in [9.17, 15) is 28.0 Å². The first-order valence-corrected chi connectivity index (χ1v) is 9.36. The SMILES string of the molecule is C[C@]1(c2ccc(OC(F)F)cc2)NC(=O)N(CC(=O)Nc2sccc2C(N)=O)C1=O. The zero-order valence-electron chi connectivity index (χ0n) is 15.5. The van der Waals surface area contributed by atoms with Gasteiger partial charge in [0.25, 0.3) is 11.8 Å². The summed E-state index contributed by atoms with van der Waals surface area (Å²) in [6, 6.07) is 5.85. The van der Waals surface area contributed by atoms with Crippen LogP contribution in [-0.4, -0.2) is 41.8 Å². The van der Waals surface area contributed by atoms with Gasteiger partial charge in [-0.25, -0.2) is 4.79 Å². The number of ether oxygens (including phenoxy) is 1. The largest absolute Gasteiger partial charge is 0.435 e. The number of alkyl halides is 2. The predicted molar refractivity (Wildman–Crippen MR) is 102 cm³/mol. The van der Waals surface area contributed by atoms with E-state index >= 15 is 0 Å². The summed E-state index contributed by atoms with van der Waals surface area (Å²) in [7, 11) is 0. The number of nitrogens with one attached hydrogen (secondary N) is 2. The van der Waals surface area contributed by atoms with E-state index in [-0.39, 0.29) is 16.3 Å². The molecule has 0 saturated carbocycles. The molecule has 9 nitrogen and oxygen atoms in total. The standard InChI is InChI=1S/C18H16F2N4O5S/c1-18(9-2-4-10(5-3-9)29-16(19)20)15(27)24(17(28)23-18)8-12(25)22-14-11(13(21)26)6-7-30-14/h2-7,16H,8H2,1H3,(H2,21,26)(H,22,25)(H,23,28)/t18-/m1/s1. The monoisotopic (exact) mass is 438 g/mol. The van der Waals surface area contributed by atoms with Gasteiger partial charge < -0.3 is 21.1 Å². The molecule has 1 atom stereocenters. The van der Waals surface area contributed by atoms with Crippen LogP contribution in [0.4, 0.5) is 18.6 Å². The quantitative estimate of drug-likeness (QED) is 0.568. The van der Waals surface area contributed by atoms with Crippen molar-refractivity contribution < 1.29 is 32.7 Å². The number of nitrogens with two attached hydrogens (primary N) is 1. The second-order valence-electron chi connectivity index (χ2n) is 6.43. The van der Waals surface area contributed by atoms with Crippen molar-refractivity contribution in [1.29, 1.82) is 0 Å². The van der Waals surface area contributed by atoms with Gasteiger partial charge in [-0.05, 0) is 36.1 Å². The second-order valence-corrected chi connectivity index (χ2v) is 7.34. The molecule has 0 radical (unpaired) electrons. The minimum atomic E-state index is -2.99. The maximum Gasteiger partial charge on any atom is 0.387 e. The van der Waals surface area contributed by atoms with Crippen LogP contribution in [-0.2, 0) is 15.1 Å². The number of imide groups is 1. The molecule has 2 heterocycles. The van der Waals surface area contributed by atoms with Gasteiger partial charge >= 0.3 is 12.6 Å². The zero-order valence-corrected chi connectivity index (χ0v) is 16.3. The van der Waals surface area contributed by atoms with Crippen LogP contribution in [0.3, 0.4) is 0 Å². The normalized spacial score (nSPS) is 18.5. The Morgan fingerprint density at radius 1 is 1.27 bits per heavy atom. The van der Waals surface area contributed by atoms with Crippen molar-refractivity contribution in [3.63, 3.8) is 0 Å². The van der Waals surface area contributed by atoms with Crippen molar-refractivity contribution >= 4 is 40.1 Å². The van der Waals surface area contributed by atoms with Crippen LogP contribution >= 0.6 is 11.3 Å². The van der Waals surface area contributed by atoms with Crippen LogP contribution in [0.2, 0.25) is 0 Å². The van der Waals surface area contributed by atoms with E-state index in [2.05, 4.69) is 15.4 Å². The molecule has 30 heavy (non-hydrogen) atoms. The van der Waals surface area contributed by atoms with Gasteiger partial charge in [-0.15, -0.1) is 11.3 Å². The summed E-state index contributed by atoms with van der Waals surface area (Å²) in [6.45, 7) is -2.16. The number of rotatable bonds is 7. The molecule has 5 amide bonds. The first-order chi connectivity index (χ1) is 14.1. The number of halogens is 2. The van der Waals surface area contributed by atoms with E-state index in [1.54, 1.807) is 5.38 Å². The summed E-state index contributed by atoms with van der Waals surface area (Å²) < 4.78 is 28.8. The van der Waals surface area contributed by atoms with Gasteiger partial charge in [-0.2, -0.15) is 8.78 Å². The molecule has 1 fully saturated rings. The third-order valence-corrected chi connectivity index (χ3v) is 5.25. The summed E-state index contributed by atoms with van der Waals surface area (Å²) in [5, 5.41) is 6.71. The molecule has 1 aromatic carbocycles. The third-order valence-electron chi connectivity index (χ3n) is 4.42. The number of carbonyl (C=O) groups is 4. The minimum absolute atomic E-state index is 0.105. The summed E-state index contributed by atoms with van der Waals surface area (Å²) >= 11 is 1.07. The fraction of sp³-hybridized carbons (Fsp3) is 0.222. The number of hydrogen-bond acceptors (Lipinski definition) is 6. The Labute approximate surface area is 172 Å². The van der Waals surface area contributed by atoms with Crippen molar-refractivity contribution in [1.82, 2.24) is 10.2 Å². The lowest BCUT2D eigenvalue weighted by Gasteiger charge is -2.22. The highest BCUT2D eigenvalue weighted by atomic mass is 32.1. The van der Waals surface area contributed by atoms with E-state index in [1.807, 2.05) is 0 Å². The number of hydrogen-bond donors (Lipinski definition) is 3. The predicted octanol–water partition coefficient (Wildman–Crippen LogP) is 1.85. The van der Waals surface area contributed by atoms with Crippen LogP contribution in [0.25, 0.3) is 0 Å². The van der Waals surface area contributed by atoms with Crippen LogP contribution < -0.4 is 21.1 Å². The van der Waals surface area contributed by atoms with E-state index < -0.39 is 42.4 Å². The van der Waals surface area contributed by atoms with Crippen molar-refractivity contribution in [2.75, 3.05) is 11.9 Å². The smallest absolute Gasteiger partial charge is 0.387 e. The Hall–Kier alpha value is -3.54. The molecule has 1 saturated heterocycles. The summed E-state index contributed by atoms with van der Waals surface area (Å²) in [6.07, 6.45) is 0. The van der Waals surface area contributed by atoms with Crippen LogP contribution in [0.1, 0.15) is 22.8 Å². The molecule has 3 rings (SSSR count). The fourth-order valence-corrected chi connectivity index (χ4v) is 3.72. The van der Waals surface area contributed by atoms with Crippen molar-refractivity contribution in [3.8, 4) is 5.75 Å². The second kappa shape index (κ2) is 8.06. The lowest BCUT2D eigenvalue weighted by atomic mass is 9.92. The molecule has 1 aliphatic rings. The van der Waals surface area contributed by atoms with E-state index in [4.69, 9.17) is 5.73 Å². The number of anilines is 1. The summed E-state index contributed by atoms with van der Waals surface area (Å²) in [4.78, 5) is 49.5. The average molecular weight is 438 g/mol. The molecule has 0 spiro atoms. The molecule has 1 aliphatic heterocycles. The van der Waals surface area contributed by atoms with E-state index in [1.165, 1.54) is 37.3 Å². The maximum absolute atomic E-state index is 12.9. The Morgan fingerprint density at radius 3 is 2.53 bits per heavy atom. The van der Waals surface area contributed by atoms with Crippen LogP contribution in [0, 0.1) is 0 Å². The number of benzene rings is 1. The highest BCUT2D eigenvalue weighted by molar-refractivity contribution is 7.14. The van der Waals surface area contributed by atoms with Gasteiger partial charge in [0.15, 0.2) is 0 Å². The average Bonchev–Trinajstić information content (AvgIpc) is 3.21. The number of amides is 5. The first-order valence-electron chi connectivity index (χ1n) is 8.48. The Balaban J connectivity index is 1.73. The van der Waals surface area contributed by atoms with E-state index in [0.29, 0.717) is 5.56 Å². The van der Waals surface area contributed by atoms with Gasteiger partial charge in [-0.3, -0.25) is 19.3 Å². The molecular formula is C18H16F2N4O5S. The van der Waals surface area contributed by atoms with Gasteiger partial charge in [0, 0.05) is 0 Å². The maximum atomic E-state index is 12.9. The molecule has 0 unspecified atom stereocenters. The van der Waals surface area contributed by atoms with Gasteiger partial charge in [0.05, 0.1) is 5.56 Å². The Morgan fingerprint density at radius 2 is 1.93 bits per heavy atom. The summed E-state index contributed by atoms with van der Waals surface area (Å²) in [5.41, 5.74) is 4.15. The Kier molecular flexibility index (Phi) is 5.69. The number of nitrogens with zero attached hydrogens (tertiary/aromatic N) is 1. The Bertz CT molecular complexity index is 1010. The lowest BCUT2D eigenvalue weighted by molar-refractivity contribution is -0.133. The molecule has 1 aromatic heterocycles. The molecular weight excluding hydrogens is 422 g/mol. The fourth-order valence-electron chi connectivity index (χ4n) is 2.92. The highest BCUT2D eigenvalue weighted by Crippen LogP contribution is 2.30. The van der Waals surface area contributed by atoms with Gasteiger partial charge in [0.1, 0.15) is 22.8 Å². The van der Waals surface area contributed by atoms with Gasteiger partial charge in [-0.1, -0.05) is 12.1 Å². The minimum Gasteiger partial charge on any atom is -0.435 e. The van der Waals surface area contributed by atoms with Crippen molar-refractivity contribution in [2.45, 2.75) is 19.1 Å². The lowest BCUT2D eigenvalue weighted by Crippen LogP contribution is -2.42. The summed E-state index contributed by atoms with van der Waals surface area (Å²) in [5.74, 6) is -2.24. The van der Waals surface area contributed by atoms with Crippen molar-refractivity contribution in [2.24, 2.45) is 5.73 Å². The van der Waals surface area contributed by atoms with Crippen LogP contribution in [0.5, 0.6) is 5.75 Å². The molecule has 0 bridgehead atoms. The highest BCUT2D eigenvalue weighted by Gasteiger charge is 2.49. The van der Waals surface area contributed by atoms with Crippen molar-refractivity contribution in [3.05, 3.63) is 46.8 Å². The number of carbonyl (C=O) groups excluding carboxylic acids is 4. The molecule has 158 valence electrons. The zero-order chi connectivity index (χ0) is 22.1. The van der Waals surface area contributed by atoms with Gasteiger partial charge in [0.2, 0.25) is 5.91 Å². The first kappa shape index (κ1) is 21.2. The molecule has 0 aliphatic carbocycles. The molecule has 4 N–H and O–H groups in total. The topological polar surface area (TPSA) is 131 Å².